The summed E-state index contributed by atoms with van der Waals surface area (Å²) in [7, 11) is 0. The summed E-state index contributed by atoms with van der Waals surface area (Å²) in [6, 6.07) is 9.94. The average Bonchev–Trinajstić information content (AvgIpc) is 2.47. The Bertz CT molecular complexity index is 689. The van der Waals surface area contributed by atoms with Crippen LogP contribution < -0.4 is 5.43 Å². The van der Waals surface area contributed by atoms with Gasteiger partial charge < -0.3 is 9.72 Å². The number of carbonyl (C=O) groups excluding carboxylic acids is 2. The minimum Gasteiger partial charge on any atom is -0.461 e. The van der Waals surface area contributed by atoms with E-state index in [4.69, 9.17) is 4.74 Å². The van der Waals surface area contributed by atoms with Gasteiger partial charge in [-0.15, -0.1) is 0 Å². The molecule has 0 saturated carbocycles. The van der Waals surface area contributed by atoms with E-state index >= 15 is 0 Å². The number of hydrogen-bond acceptors (Lipinski definition) is 4. The van der Waals surface area contributed by atoms with E-state index in [-0.39, 0.29) is 17.9 Å². The molecular weight excluding hydrogens is 258 g/mol. The van der Waals surface area contributed by atoms with Gasteiger partial charge in [-0.05, 0) is 12.5 Å². The predicted molar refractivity (Wildman–Crippen MR) is 73.8 cm³/mol. The van der Waals surface area contributed by atoms with Gasteiger partial charge in [-0.1, -0.05) is 30.3 Å². The van der Waals surface area contributed by atoms with Crippen molar-refractivity contribution in [2.75, 3.05) is 6.61 Å². The Labute approximate surface area is 115 Å². The van der Waals surface area contributed by atoms with Gasteiger partial charge in [0.25, 0.3) is 0 Å². The molecular formula is C15H13NO4. The number of carbonyl (C=O) groups is 2. The van der Waals surface area contributed by atoms with E-state index in [9.17, 15) is 14.4 Å². The van der Waals surface area contributed by atoms with Crippen LogP contribution in [0, 0.1) is 0 Å². The SMILES string of the molecule is CCOC(=O)c1cc(=O)c(C=O)c(-c2ccccc2)[nH]1. The van der Waals surface area contributed by atoms with E-state index in [1.807, 2.05) is 6.07 Å². The summed E-state index contributed by atoms with van der Waals surface area (Å²) in [5.41, 5.74) is 0.472. The Balaban J connectivity index is 2.62. The van der Waals surface area contributed by atoms with Crippen LogP contribution in [0.15, 0.2) is 41.2 Å². The number of ether oxygens (including phenoxy) is 1. The number of hydrogen-bond donors (Lipinski definition) is 1. The van der Waals surface area contributed by atoms with Crippen LogP contribution in [-0.4, -0.2) is 23.8 Å². The lowest BCUT2D eigenvalue weighted by molar-refractivity contribution is 0.0519. The molecule has 2 aromatic rings. The van der Waals surface area contributed by atoms with Crippen LogP contribution in [0.1, 0.15) is 27.8 Å². The van der Waals surface area contributed by atoms with Gasteiger partial charge in [0, 0.05) is 6.07 Å². The second kappa shape index (κ2) is 5.97. The lowest BCUT2D eigenvalue weighted by Crippen LogP contribution is -2.17. The molecule has 0 aliphatic heterocycles. The maximum atomic E-state index is 11.9. The highest BCUT2D eigenvalue weighted by molar-refractivity contribution is 5.91. The van der Waals surface area contributed by atoms with Gasteiger partial charge in [-0.3, -0.25) is 9.59 Å². The highest BCUT2D eigenvalue weighted by Crippen LogP contribution is 2.18. The van der Waals surface area contributed by atoms with Gasteiger partial charge in [0.2, 0.25) is 0 Å². The number of benzene rings is 1. The quantitative estimate of drug-likeness (QED) is 0.682. The van der Waals surface area contributed by atoms with Crippen molar-refractivity contribution in [2.24, 2.45) is 0 Å². The summed E-state index contributed by atoms with van der Waals surface area (Å²) in [6.07, 6.45) is 0.482. The summed E-state index contributed by atoms with van der Waals surface area (Å²) in [5.74, 6) is -0.626. The standard InChI is InChI=1S/C15H13NO4/c1-2-20-15(19)12-8-13(18)11(9-17)14(16-12)10-6-4-3-5-7-10/h3-9H,2H2,1H3,(H,16,18). The van der Waals surface area contributed by atoms with E-state index in [1.165, 1.54) is 0 Å². The molecule has 1 N–H and O–H groups in total. The normalized spacial score (nSPS) is 10.1. The fourth-order valence-electron chi connectivity index (χ4n) is 1.84. The van der Waals surface area contributed by atoms with Crippen LogP contribution in [0.2, 0.25) is 0 Å². The molecule has 0 saturated heterocycles. The third kappa shape index (κ3) is 2.66. The van der Waals surface area contributed by atoms with Gasteiger partial charge in [-0.2, -0.15) is 0 Å². The number of pyridine rings is 1. The van der Waals surface area contributed by atoms with E-state index in [0.29, 0.717) is 17.5 Å². The van der Waals surface area contributed by atoms with Gasteiger partial charge >= 0.3 is 5.97 Å². The highest BCUT2D eigenvalue weighted by Gasteiger charge is 2.15. The molecule has 0 aliphatic rings. The number of esters is 1. The maximum absolute atomic E-state index is 11.9. The number of rotatable bonds is 4. The molecule has 20 heavy (non-hydrogen) atoms. The summed E-state index contributed by atoms with van der Waals surface area (Å²) in [4.78, 5) is 37.5. The minimum absolute atomic E-state index is 0.00996. The first-order chi connectivity index (χ1) is 9.67. The van der Waals surface area contributed by atoms with E-state index in [2.05, 4.69) is 4.98 Å². The molecule has 1 heterocycles. The molecule has 5 nitrogen and oxygen atoms in total. The maximum Gasteiger partial charge on any atom is 0.354 e. The molecule has 0 radical (unpaired) electrons. The molecule has 0 aliphatic carbocycles. The summed E-state index contributed by atoms with van der Waals surface area (Å²) < 4.78 is 4.85. The molecule has 1 aromatic carbocycles. The molecule has 1 aromatic heterocycles. The Morgan fingerprint density at radius 3 is 2.60 bits per heavy atom. The van der Waals surface area contributed by atoms with Gasteiger partial charge in [0.15, 0.2) is 11.7 Å². The Hall–Kier alpha value is -2.69. The fraction of sp³-hybridized carbons (Fsp3) is 0.133. The topological polar surface area (TPSA) is 76.2 Å². The van der Waals surface area contributed by atoms with Crippen molar-refractivity contribution in [1.82, 2.24) is 4.98 Å². The number of aromatic nitrogens is 1. The zero-order valence-corrected chi connectivity index (χ0v) is 10.9. The number of H-pyrrole nitrogens is 1. The largest absolute Gasteiger partial charge is 0.461 e. The Morgan fingerprint density at radius 1 is 1.30 bits per heavy atom. The van der Waals surface area contributed by atoms with Crippen LogP contribution in [0.4, 0.5) is 0 Å². The van der Waals surface area contributed by atoms with Crippen molar-refractivity contribution in [1.29, 1.82) is 0 Å². The Kier molecular flexibility index (Phi) is 4.10. The number of nitrogens with one attached hydrogen (secondary N) is 1. The molecule has 0 fully saturated rings. The zero-order chi connectivity index (χ0) is 14.5. The lowest BCUT2D eigenvalue weighted by atomic mass is 10.1. The van der Waals surface area contributed by atoms with Crippen molar-refractivity contribution >= 4 is 12.3 Å². The van der Waals surface area contributed by atoms with Gasteiger partial charge in [0.05, 0.1) is 17.9 Å². The first-order valence-electron chi connectivity index (χ1n) is 6.12. The molecule has 0 atom stereocenters. The summed E-state index contributed by atoms with van der Waals surface area (Å²) in [6.45, 7) is 1.88. The highest BCUT2D eigenvalue weighted by atomic mass is 16.5. The molecule has 0 amide bonds. The van der Waals surface area contributed by atoms with Crippen molar-refractivity contribution in [3.63, 3.8) is 0 Å². The van der Waals surface area contributed by atoms with Crippen LogP contribution >= 0.6 is 0 Å². The molecule has 2 rings (SSSR count). The second-order valence-corrected chi connectivity index (χ2v) is 4.04. The molecule has 102 valence electrons. The summed E-state index contributed by atoms with van der Waals surface area (Å²) >= 11 is 0. The van der Waals surface area contributed by atoms with E-state index < -0.39 is 11.4 Å². The first kappa shape index (κ1) is 13.7. The third-order valence-corrected chi connectivity index (χ3v) is 2.75. The number of aldehydes is 1. The van der Waals surface area contributed by atoms with Crippen LogP contribution in [-0.2, 0) is 4.74 Å². The van der Waals surface area contributed by atoms with E-state index in [0.717, 1.165) is 6.07 Å². The zero-order valence-electron chi connectivity index (χ0n) is 10.9. The monoisotopic (exact) mass is 271 g/mol. The molecule has 5 heteroatoms. The smallest absolute Gasteiger partial charge is 0.354 e. The van der Waals surface area contributed by atoms with Gasteiger partial charge in [0.1, 0.15) is 5.69 Å². The van der Waals surface area contributed by atoms with Crippen LogP contribution in [0.5, 0.6) is 0 Å². The van der Waals surface area contributed by atoms with Crippen molar-refractivity contribution in [3.8, 4) is 11.3 Å². The van der Waals surface area contributed by atoms with Crippen molar-refractivity contribution in [3.05, 3.63) is 57.9 Å². The first-order valence-corrected chi connectivity index (χ1v) is 6.12. The second-order valence-electron chi connectivity index (χ2n) is 4.04. The third-order valence-electron chi connectivity index (χ3n) is 2.75. The molecule has 0 bridgehead atoms. The van der Waals surface area contributed by atoms with Crippen LogP contribution in [0.25, 0.3) is 11.3 Å². The summed E-state index contributed by atoms with van der Waals surface area (Å²) in [5, 5.41) is 0. The van der Waals surface area contributed by atoms with Crippen molar-refractivity contribution < 1.29 is 14.3 Å². The molecule has 0 spiro atoms. The predicted octanol–water partition coefficient (Wildman–Crippen LogP) is 2.03. The average molecular weight is 271 g/mol. The van der Waals surface area contributed by atoms with Crippen LogP contribution in [0.3, 0.4) is 0 Å². The van der Waals surface area contributed by atoms with Crippen molar-refractivity contribution in [2.45, 2.75) is 6.92 Å². The van der Waals surface area contributed by atoms with E-state index in [1.54, 1.807) is 31.2 Å². The lowest BCUT2D eigenvalue weighted by Gasteiger charge is -2.08. The van der Waals surface area contributed by atoms with Gasteiger partial charge in [-0.25, -0.2) is 4.79 Å². The molecule has 0 unspecified atom stereocenters. The fourth-order valence-corrected chi connectivity index (χ4v) is 1.84. The minimum atomic E-state index is -0.626. The Morgan fingerprint density at radius 2 is 2.00 bits per heavy atom. The number of aromatic amines is 1.